The number of rotatable bonds is 3. The quantitative estimate of drug-likeness (QED) is 0.584. The minimum atomic E-state index is 0.418. The molecule has 0 amide bonds. The molecule has 1 aliphatic rings. The lowest BCUT2D eigenvalue weighted by Crippen LogP contribution is -2.06. The third kappa shape index (κ3) is 3.51. The Morgan fingerprint density at radius 1 is 1.44 bits per heavy atom. The smallest absolute Gasteiger partial charge is 0.0521 e. The predicted octanol–water partition coefficient (Wildman–Crippen LogP) is 3.54. The van der Waals surface area contributed by atoms with Gasteiger partial charge in [-0.25, -0.2) is 0 Å². The summed E-state index contributed by atoms with van der Waals surface area (Å²) in [6.07, 6.45) is 13.0. The van der Waals surface area contributed by atoms with Crippen LogP contribution in [0.3, 0.4) is 0 Å². The standard InChI is InChI=1S/C13H21ClN2/c1-16-10-12(9-15-16)7-6-11-4-2-3-5-13(14)8-11/h9-11,13H,2-8H2,1H3. The van der Waals surface area contributed by atoms with Gasteiger partial charge in [0.1, 0.15) is 0 Å². The van der Waals surface area contributed by atoms with Crippen LogP contribution >= 0.6 is 11.6 Å². The first kappa shape index (κ1) is 12.0. The van der Waals surface area contributed by atoms with Gasteiger partial charge in [0.05, 0.1) is 6.20 Å². The molecule has 1 aromatic heterocycles. The van der Waals surface area contributed by atoms with E-state index in [-0.39, 0.29) is 0 Å². The number of aryl methyl sites for hydroxylation is 2. The van der Waals surface area contributed by atoms with Crippen LogP contribution in [0.15, 0.2) is 12.4 Å². The molecular weight excluding hydrogens is 220 g/mol. The van der Waals surface area contributed by atoms with Crippen molar-refractivity contribution in [1.82, 2.24) is 9.78 Å². The summed E-state index contributed by atoms with van der Waals surface area (Å²) in [5, 5.41) is 4.62. The molecule has 3 heteroatoms. The van der Waals surface area contributed by atoms with Crippen molar-refractivity contribution in [2.75, 3.05) is 0 Å². The highest BCUT2D eigenvalue weighted by molar-refractivity contribution is 6.20. The molecule has 2 unspecified atom stereocenters. The highest BCUT2D eigenvalue weighted by Gasteiger charge is 2.18. The molecule has 1 saturated carbocycles. The second-order valence-corrected chi connectivity index (χ2v) is 5.66. The van der Waals surface area contributed by atoms with E-state index in [1.165, 1.54) is 44.1 Å². The van der Waals surface area contributed by atoms with Crippen LogP contribution in [-0.2, 0) is 13.5 Å². The summed E-state index contributed by atoms with van der Waals surface area (Å²) in [6.45, 7) is 0. The molecule has 0 aromatic carbocycles. The largest absolute Gasteiger partial charge is 0.276 e. The SMILES string of the molecule is Cn1cc(CCC2CCCCC(Cl)C2)cn1. The third-order valence-corrected chi connectivity index (χ3v) is 3.96. The Bertz CT molecular complexity index is 321. The molecule has 0 N–H and O–H groups in total. The zero-order chi connectivity index (χ0) is 11.4. The molecule has 0 spiro atoms. The molecule has 0 aliphatic heterocycles. The molecule has 90 valence electrons. The predicted molar refractivity (Wildman–Crippen MR) is 67.7 cm³/mol. The van der Waals surface area contributed by atoms with Gasteiger partial charge in [0, 0.05) is 18.6 Å². The average molecular weight is 241 g/mol. The van der Waals surface area contributed by atoms with E-state index in [0.29, 0.717) is 5.38 Å². The van der Waals surface area contributed by atoms with Gasteiger partial charge in [-0.2, -0.15) is 5.10 Å². The Morgan fingerprint density at radius 3 is 3.00 bits per heavy atom. The van der Waals surface area contributed by atoms with Crippen LogP contribution in [0.1, 0.15) is 44.1 Å². The number of hydrogen-bond donors (Lipinski definition) is 0. The van der Waals surface area contributed by atoms with E-state index in [4.69, 9.17) is 11.6 Å². The topological polar surface area (TPSA) is 17.8 Å². The number of nitrogens with zero attached hydrogens (tertiary/aromatic N) is 2. The molecular formula is C13H21ClN2. The normalized spacial score (nSPS) is 26.6. The second-order valence-electron chi connectivity index (χ2n) is 5.04. The van der Waals surface area contributed by atoms with Crippen molar-refractivity contribution in [3.8, 4) is 0 Å². The van der Waals surface area contributed by atoms with Crippen molar-refractivity contribution >= 4 is 11.6 Å². The van der Waals surface area contributed by atoms with Crippen LogP contribution in [0, 0.1) is 5.92 Å². The Kier molecular flexibility index (Phi) is 4.28. The van der Waals surface area contributed by atoms with Crippen molar-refractivity contribution in [2.45, 2.75) is 50.3 Å². The molecule has 0 saturated heterocycles. The summed E-state index contributed by atoms with van der Waals surface area (Å²) < 4.78 is 1.88. The first-order chi connectivity index (χ1) is 7.74. The van der Waals surface area contributed by atoms with Gasteiger partial charge in [-0.1, -0.05) is 19.3 Å². The zero-order valence-electron chi connectivity index (χ0n) is 10.0. The Morgan fingerprint density at radius 2 is 2.25 bits per heavy atom. The van der Waals surface area contributed by atoms with E-state index < -0.39 is 0 Å². The maximum absolute atomic E-state index is 6.29. The van der Waals surface area contributed by atoms with Gasteiger partial charge in [-0.15, -0.1) is 11.6 Å². The lowest BCUT2D eigenvalue weighted by Gasteiger charge is -2.15. The summed E-state index contributed by atoms with van der Waals surface area (Å²) in [4.78, 5) is 0. The number of halogens is 1. The van der Waals surface area contributed by atoms with Crippen LogP contribution < -0.4 is 0 Å². The van der Waals surface area contributed by atoms with Gasteiger partial charge in [-0.3, -0.25) is 4.68 Å². The molecule has 0 radical (unpaired) electrons. The van der Waals surface area contributed by atoms with Gasteiger partial charge >= 0.3 is 0 Å². The highest BCUT2D eigenvalue weighted by atomic mass is 35.5. The lowest BCUT2D eigenvalue weighted by atomic mass is 9.93. The Hall–Kier alpha value is -0.500. The highest BCUT2D eigenvalue weighted by Crippen LogP contribution is 2.29. The summed E-state index contributed by atoms with van der Waals surface area (Å²) in [6, 6.07) is 0. The first-order valence-corrected chi connectivity index (χ1v) is 6.79. The van der Waals surface area contributed by atoms with Crippen molar-refractivity contribution in [1.29, 1.82) is 0 Å². The van der Waals surface area contributed by atoms with Gasteiger partial charge in [0.15, 0.2) is 0 Å². The van der Waals surface area contributed by atoms with Crippen molar-refractivity contribution in [3.63, 3.8) is 0 Å². The number of aromatic nitrogens is 2. The van der Waals surface area contributed by atoms with E-state index >= 15 is 0 Å². The maximum Gasteiger partial charge on any atom is 0.0521 e. The minimum absolute atomic E-state index is 0.418. The molecule has 0 bridgehead atoms. The van der Waals surface area contributed by atoms with E-state index in [2.05, 4.69) is 11.3 Å². The second kappa shape index (κ2) is 5.72. The van der Waals surface area contributed by atoms with Gasteiger partial charge in [0.2, 0.25) is 0 Å². The number of hydrogen-bond acceptors (Lipinski definition) is 1. The third-order valence-electron chi connectivity index (χ3n) is 3.57. The average Bonchev–Trinajstić information content (AvgIpc) is 2.55. The summed E-state index contributed by atoms with van der Waals surface area (Å²) in [5.41, 5.74) is 1.36. The van der Waals surface area contributed by atoms with E-state index in [9.17, 15) is 0 Å². The van der Waals surface area contributed by atoms with E-state index in [1.807, 2.05) is 17.9 Å². The van der Waals surface area contributed by atoms with Crippen LogP contribution in [0.2, 0.25) is 0 Å². The fourth-order valence-electron chi connectivity index (χ4n) is 2.63. The van der Waals surface area contributed by atoms with Crippen molar-refractivity contribution < 1.29 is 0 Å². The molecule has 2 atom stereocenters. The summed E-state index contributed by atoms with van der Waals surface area (Å²) >= 11 is 6.29. The number of alkyl halides is 1. The van der Waals surface area contributed by atoms with E-state index in [0.717, 1.165) is 12.3 Å². The Balaban J connectivity index is 1.80. The van der Waals surface area contributed by atoms with Crippen molar-refractivity contribution in [3.05, 3.63) is 18.0 Å². The lowest BCUT2D eigenvalue weighted by molar-refractivity contribution is 0.430. The minimum Gasteiger partial charge on any atom is -0.276 e. The van der Waals surface area contributed by atoms with Gasteiger partial charge < -0.3 is 0 Å². The fourth-order valence-corrected chi connectivity index (χ4v) is 3.04. The van der Waals surface area contributed by atoms with Gasteiger partial charge in [0.25, 0.3) is 0 Å². The maximum atomic E-state index is 6.29. The van der Waals surface area contributed by atoms with Crippen LogP contribution in [0.4, 0.5) is 0 Å². The van der Waals surface area contributed by atoms with Gasteiger partial charge in [-0.05, 0) is 37.2 Å². The molecule has 1 heterocycles. The summed E-state index contributed by atoms with van der Waals surface area (Å²) in [7, 11) is 1.98. The molecule has 2 nitrogen and oxygen atoms in total. The zero-order valence-corrected chi connectivity index (χ0v) is 10.8. The molecule has 1 aliphatic carbocycles. The molecule has 1 fully saturated rings. The molecule has 2 rings (SSSR count). The van der Waals surface area contributed by atoms with Crippen LogP contribution in [-0.4, -0.2) is 15.2 Å². The van der Waals surface area contributed by atoms with Crippen LogP contribution in [0.25, 0.3) is 0 Å². The molecule has 16 heavy (non-hydrogen) atoms. The molecule has 1 aromatic rings. The van der Waals surface area contributed by atoms with E-state index in [1.54, 1.807) is 0 Å². The monoisotopic (exact) mass is 240 g/mol. The van der Waals surface area contributed by atoms with Crippen molar-refractivity contribution in [2.24, 2.45) is 13.0 Å². The first-order valence-electron chi connectivity index (χ1n) is 6.35. The van der Waals surface area contributed by atoms with Crippen LogP contribution in [0.5, 0.6) is 0 Å². The Labute approximate surface area is 103 Å². The fraction of sp³-hybridized carbons (Fsp3) is 0.769. The summed E-state index contributed by atoms with van der Waals surface area (Å²) in [5.74, 6) is 0.824.